The zero-order chi connectivity index (χ0) is 10.5. The van der Waals surface area contributed by atoms with Gasteiger partial charge in [-0.15, -0.1) is 11.3 Å². The molecule has 0 atom stereocenters. The van der Waals surface area contributed by atoms with Crippen molar-refractivity contribution < 1.29 is 5.11 Å². The summed E-state index contributed by atoms with van der Waals surface area (Å²) in [6, 6.07) is 4.20. The van der Waals surface area contributed by atoms with Gasteiger partial charge < -0.3 is 10.4 Å². The Balaban J connectivity index is 1.96. The summed E-state index contributed by atoms with van der Waals surface area (Å²) in [5, 5.41) is 13.9. The lowest BCUT2D eigenvalue weighted by Crippen LogP contribution is -2.15. The van der Waals surface area contributed by atoms with Crippen molar-refractivity contribution in [2.75, 3.05) is 13.2 Å². The zero-order valence-electron chi connectivity index (χ0n) is 8.44. The fourth-order valence-electron chi connectivity index (χ4n) is 1.42. The first-order valence-electron chi connectivity index (χ1n) is 5.04. The Kier molecular flexibility index (Phi) is 3.66. The SMILES string of the molecule is OCCCNCc1cnc2ccsc2c1. The van der Waals surface area contributed by atoms with Gasteiger partial charge >= 0.3 is 0 Å². The van der Waals surface area contributed by atoms with Gasteiger partial charge in [0.2, 0.25) is 0 Å². The van der Waals surface area contributed by atoms with E-state index in [0.29, 0.717) is 0 Å². The topological polar surface area (TPSA) is 45.1 Å². The van der Waals surface area contributed by atoms with E-state index in [2.05, 4.69) is 21.7 Å². The monoisotopic (exact) mass is 222 g/mol. The highest BCUT2D eigenvalue weighted by Crippen LogP contribution is 2.19. The molecule has 0 radical (unpaired) electrons. The van der Waals surface area contributed by atoms with Crippen molar-refractivity contribution >= 4 is 21.6 Å². The largest absolute Gasteiger partial charge is 0.396 e. The Morgan fingerprint density at radius 2 is 2.40 bits per heavy atom. The Morgan fingerprint density at radius 3 is 3.27 bits per heavy atom. The first-order valence-corrected chi connectivity index (χ1v) is 5.92. The Morgan fingerprint density at radius 1 is 1.47 bits per heavy atom. The molecule has 2 aromatic rings. The maximum Gasteiger partial charge on any atom is 0.0809 e. The summed E-state index contributed by atoms with van der Waals surface area (Å²) in [7, 11) is 0. The molecule has 0 aromatic carbocycles. The van der Waals surface area contributed by atoms with Crippen molar-refractivity contribution in [1.29, 1.82) is 0 Å². The van der Waals surface area contributed by atoms with Crippen molar-refractivity contribution in [3.05, 3.63) is 29.3 Å². The van der Waals surface area contributed by atoms with E-state index < -0.39 is 0 Å². The molecule has 4 heteroatoms. The molecule has 0 saturated heterocycles. The van der Waals surface area contributed by atoms with E-state index >= 15 is 0 Å². The molecule has 0 fully saturated rings. The van der Waals surface area contributed by atoms with Crippen LogP contribution in [0.15, 0.2) is 23.7 Å². The minimum absolute atomic E-state index is 0.245. The predicted molar refractivity (Wildman–Crippen MR) is 63.0 cm³/mol. The number of aliphatic hydroxyl groups excluding tert-OH is 1. The van der Waals surface area contributed by atoms with Crippen LogP contribution in [-0.4, -0.2) is 23.2 Å². The van der Waals surface area contributed by atoms with Crippen molar-refractivity contribution in [2.24, 2.45) is 0 Å². The summed E-state index contributed by atoms with van der Waals surface area (Å²) < 4.78 is 1.23. The van der Waals surface area contributed by atoms with Gasteiger partial charge in [-0.2, -0.15) is 0 Å². The van der Waals surface area contributed by atoms with Crippen LogP contribution in [0.2, 0.25) is 0 Å². The van der Waals surface area contributed by atoms with Gasteiger partial charge in [-0.1, -0.05) is 0 Å². The Hall–Kier alpha value is -0.970. The van der Waals surface area contributed by atoms with Gasteiger partial charge in [-0.25, -0.2) is 0 Å². The summed E-state index contributed by atoms with van der Waals surface area (Å²) in [6.07, 6.45) is 2.70. The maximum atomic E-state index is 8.63. The molecule has 3 nitrogen and oxygen atoms in total. The van der Waals surface area contributed by atoms with Crippen LogP contribution in [0, 0.1) is 0 Å². The molecule has 80 valence electrons. The zero-order valence-corrected chi connectivity index (χ0v) is 9.26. The number of nitrogens with one attached hydrogen (secondary N) is 1. The second-order valence-corrected chi connectivity index (χ2v) is 4.35. The van der Waals surface area contributed by atoms with E-state index in [9.17, 15) is 0 Å². The number of rotatable bonds is 5. The van der Waals surface area contributed by atoms with Gasteiger partial charge in [0.1, 0.15) is 0 Å². The quantitative estimate of drug-likeness (QED) is 0.758. The molecule has 15 heavy (non-hydrogen) atoms. The molecule has 0 bridgehead atoms. The highest BCUT2D eigenvalue weighted by atomic mass is 32.1. The lowest BCUT2D eigenvalue weighted by Gasteiger charge is -2.03. The van der Waals surface area contributed by atoms with Crippen LogP contribution >= 0.6 is 11.3 Å². The number of hydrogen-bond acceptors (Lipinski definition) is 4. The van der Waals surface area contributed by atoms with E-state index in [4.69, 9.17) is 5.11 Å². The lowest BCUT2D eigenvalue weighted by atomic mass is 10.2. The minimum atomic E-state index is 0.245. The molecule has 0 amide bonds. The van der Waals surface area contributed by atoms with Crippen LogP contribution in [0.3, 0.4) is 0 Å². The van der Waals surface area contributed by atoms with Crippen LogP contribution in [0.5, 0.6) is 0 Å². The van der Waals surface area contributed by atoms with Crippen molar-refractivity contribution in [1.82, 2.24) is 10.3 Å². The summed E-state index contributed by atoms with van der Waals surface area (Å²) in [5.41, 5.74) is 2.27. The minimum Gasteiger partial charge on any atom is -0.396 e. The normalized spacial score (nSPS) is 11.0. The van der Waals surface area contributed by atoms with Crippen molar-refractivity contribution in [3.63, 3.8) is 0 Å². The number of hydrogen-bond donors (Lipinski definition) is 2. The van der Waals surface area contributed by atoms with E-state index in [1.165, 1.54) is 10.3 Å². The number of nitrogens with zero attached hydrogens (tertiary/aromatic N) is 1. The number of pyridine rings is 1. The summed E-state index contributed by atoms with van der Waals surface area (Å²) in [4.78, 5) is 4.36. The molecule has 2 N–H and O–H groups in total. The van der Waals surface area contributed by atoms with Crippen molar-refractivity contribution in [3.8, 4) is 0 Å². The van der Waals surface area contributed by atoms with Gasteiger partial charge in [0.15, 0.2) is 0 Å². The lowest BCUT2D eigenvalue weighted by molar-refractivity contribution is 0.286. The second kappa shape index (κ2) is 5.21. The Labute approximate surface area is 92.8 Å². The van der Waals surface area contributed by atoms with Gasteiger partial charge in [0, 0.05) is 19.3 Å². The van der Waals surface area contributed by atoms with E-state index in [-0.39, 0.29) is 6.61 Å². The molecule has 0 aliphatic rings. The van der Waals surface area contributed by atoms with Crippen molar-refractivity contribution in [2.45, 2.75) is 13.0 Å². The third-order valence-corrected chi connectivity index (χ3v) is 3.05. The molecule has 0 aliphatic heterocycles. The van der Waals surface area contributed by atoms with Crippen LogP contribution in [-0.2, 0) is 6.54 Å². The van der Waals surface area contributed by atoms with Crippen LogP contribution < -0.4 is 5.32 Å². The first-order chi connectivity index (χ1) is 7.40. The molecular formula is C11H14N2OS. The van der Waals surface area contributed by atoms with Gasteiger partial charge in [0.05, 0.1) is 10.2 Å². The Bertz CT molecular complexity index is 427. The maximum absolute atomic E-state index is 8.63. The summed E-state index contributed by atoms with van der Waals surface area (Å²) in [6.45, 7) is 1.91. The average Bonchev–Trinajstić information content (AvgIpc) is 2.71. The van der Waals surface area contributed by atoms with Gasteiger partial charge in [0.25, 0.3) is 0 Å². The molecule has 2 aromatic heterocycles. The van der Waals surface area contributed by atoms with E-state index in [1.807, 2.05) is 12.3 Å². The third kappa shape index (κ3) is 2.75. The van der Waals surface area contributed by atoms with E-state index in [0.717, 1.165) is 25.0 Å². The number of fused-ring (bicyclic) bond motifs is 1. The molecule has 0 unspecified atom stereocenters. The number of thiophene rings is 1. The van der Waals surface area contributed by atoms with Gasteiger partial charge in [-0.05, 0) is 36.0 Å². The number of aliphatic hydroxyl groups is 1. The number of aromatic nitrogens is 1. The highest BCUT2D eigenvalue weighted by Gasteiger charge is 1.98. The first kappa shape index (κ1) is 10.5. The van der Waals surface area contributed by atoms with Crippen LogP contribution in [0.25, 0.3) is 10.2 Å². The second-order valence-electron chi connectivity index (χ2n) is 3.40. The predicted octanol–water partition coefficient (Wildman–Crippen LogP) is 1.77. The van der Waals surface area contributed by atoms with E-state index in [1.54, 1.807) is 11.3 Å². The molecule has 0 aliphatic carbocycles. The summed E-state index contributed by atoms with van der Waals surface area (Å²) in [5.74, 6) is 0. The van der Waals surface area contributed by atoms with Crippen LogP contribution in [0.1, 0.15) is 12.0 Å². The third-order valence-electron chi connectivity index (χ3n) is 2.20. The molecule has 2 heterocycles. The van der Waals surface area contributed by atoms with Gasteiger partial charge in [-0.3, -0.25) is 4.98 Å². The molecule has 2 rings (SSSR count). The standard InChI is InChI=1S/C11H14N2OS/c14-4-1-3-12-7-9-6-11-10(13-8-9)2-5-15-11/h2,5-6,8,12,14H,1,3-4,7H2. The molecule has 0 spiro atoms. The van der Waals surface area contributed by atoms with Crippen LogP contribution in [0.4, 0.5) is 0 Å². The smallest absolute Gasteiger partial charge is 0.0809 e. The summed E-state index contributed by atoms with van der Waals surface area (Å²) >= 11 is 1.71. The highest BCUT2D eigenvalue weighted by molar-refractivity contribution is 7.17. The average molecular weight is 222 g/mol. The molecule has 0 saturated carbocycles. The molecular weight excluding hydrogens is 208 g/mol. The fraction of sp³-hybridized carbons (Fsp3) is 0.364. The fourth-order valence-corrected chi connectivity index (χ4v) is 2.22.